The van der Waals surface area contributed by atoms with Gasteiger partial charge < -0.3 is 14.8 Å². The Balaban J connectivity index is 2.78. The van der Waals surface area contributed by atoms with E-state index in [1.807, 2.05) is 31.3 Å². The Hall–Kier alpha value is -0.843. The van der Waals surface area contributed by atoms with Gasteiger partial charge in [0.2, 0.25) is 8.32 Å². The van der Waals surface area contributed by atoms with Gasteiger partial charge in [0.05, 0.1) is 6.10 Å². The molecule has 19 heavy (non-hydrogen) atoms. The van der Waals surface area contributed by atoms with Crippen LogP contribution in [0.2, 0.25) is 18.1 Å². The molecular weight excluding hydrogens is 254 g/mol. The number of aliphatic hydroxyl groups is 1. The van der Waals surface area contributed by atoms with Gasteiger partial charge in [-0.2, -0.15) is 0 Å². The van der Waals surface area contributed by atoms with Crippen LogP contribution in [0.1, 0.15) is 32.4 Å². The first-order chi connectivity index (χ1) is 8.67. The average molecular weight is 281 g/mol. The van der Waals surface area contributed by atoms with Gasteiger partial charge in [0.1, 0.15) is 5.75 Å². The summed E-state index contributed by atoms with van der Waals surface area (Å²) in [6, 6.07) is 7.78. The number of benzene rings is 1. The van der Waals surface area contributed by atoms with Gasteiger partial charge in [-0.1, -0.05) is 32.9 Å². The maximum absolute atomic E-state index is 9.88. The van der Waals surface area contributed by atoms with Crippen LogP contribution in [0.5, 0.6) is 5.75 Å². The molecule has 1 aromatic carbocycles. The number of hydrogen-bond acceptors (Lipinski definition) is 3. The molecule has 108 valence electrons. The summed E-state index contributed by atoms with van der Waals surface area (Å²) in [5.41, 5.74) is 0.914. The fraction of sp³-hybridized carbons (Fsp3) is 0.600. The lowest BCUT2D eigenvalue weighted by Gasteiger charge is -2.36. The van der Waals surface area contributed by atoms with Crippen LogP contribution in [0.4, 0.5) is 0 Å². The molecule has 0 amide bonds. The Morgan fingerprint density at radius 1 is 1.21 bits per heavy atom. The third kappa shape index (κ3) is 4.33. The molecule has 0 saturated carbocycles. The van der Waals surface area contributed by atoms with Crippen molar-refractivity contribution >= 4 is 8.32 Å². The first kappa shape index (κ1) is 16.2. The number of aliphatic hydroxyl groups excluding tert-OH is 1. The summed E-state index contributed by atoms with van der Waals surface area (Å²) < 4.78 is 6.20. The molecule has 0 aliphatic rings. The van der Waals surface area contributed by atoms with E-state index in [9.17, 15) is 5.11 Å². The SMILES string of the molecule is CNCC(O)c1ccc(O[Si](C)(C)C(C)(C)C)cc1. The van der Waals surface area contributed by atoms with Crippen LogP contribution < -0.4 is 9.74 Å². The van der Waals surface area contributed by atoms with Crippen LogP contribution in [-0.2, 0) is 0 Å². The third-order valence-corrected chi connectivity index (χ3v) is 8.20. The highest BCUT2D eigenvalue weighted by Gasteiger charge is 2.38. The second-order valence-electron chi connectivity index (χ2n) is 6.50. The highest BCUT2D eigenvalue weighted by molar-refractivity contribution is 6.74. The van der Waals surface area contributed by atoms with Gasteiger partial charge in [-0.05, 0) is 42.9 Å². The molecule has 0 heterocycles. The van der Waals surface area contributed by atoms with E-state index in [0.29, 0.717) is 6.54 Å². The molecule has 0 aliphatic heterocycles. The van der Waals surface area contributed by atoms with Crippen LogP contribution in [0, 0.1) is 0 Å². The van der Waals surface area contributed by atoms with Crippen molar-refractivity contribution in [3.05, 3.63) is 29.8 Å². The molecule has 0 aromatic heterocycles. The fourth-order valence-corrected chi connectivity index (χ4v) is 2.55. The number of hydrogen-bond donors (Lipinski definition) is 2. The van der Waals surface area contributed by atoms with Gasteiger partial charge in [0.25, 0.3) is 0 Å². The summed E-state index contributed by atoms with van der Waals surface area (Å²) in [5.74, 6) is 0.895. The lowest BCUT2D eigenvalue weighted by atomic mass is 10.1. The second kappa shape index (κ2) is 6.07. The van der Waals surface area contributed by atoms with E-state index in [0.717, 1.165) is 11.3 Å². The Kier molecular flexibility index (Phi) is 5.18. The van der Waals surface area contributed by atoms with Crippen LogP contribution in [0.15, 0.2) is 24.3 Å². The molecule has 0 fully saturated rings. The van der Waals surface area contributed by atoms with Crippen molar-refractivity contribution in [2.75, 3.05) is 13.6 Å². The molecule has 0 aliphatic carbocycles. The van der Waals surface area contributed by atoms with E-state index in [1.54, 1.807) is 0 Å². The quantitative estimate of drug-likeness (QED) is 0.814. The van der Waals surface area contributed by atoms with Crippen LogP contribution in [-0.4, -0.2) is 27.0 Å². The first-order valence-corrected chi connectivity index (χ1v) is 9.70. The van der Waals surface area contributed by atoms with Crippen molar-refractivity contribution in [1.29, 1.82) is 0 Å². The maximum atomic E-state index is 9.88. The fourth-order valence-electron chi connectivity index (χ4n) is 1.52. The molecule has 4 heteroatoms. The minimum Gasteiger partial charge on any atom is -0.544 e. The van der Waals surface area contributed by atoms with Crippen molar-refractivity contribution in [3.8, 4) is 5.75 Å². The summed E-state index contributed by atoms with van der Waals surface area (Å²) >= 11 is 0. The van der Waals surface area contributed by atoms with Crippen molar-refractivity contribution in [2.45, 2.75) is 45.0 Å². The van der Waals surface area contributed by atoms with Gasteiger partial charge >= 0.3 is 0 Å². The summed E-state index contributed by atoms with van der Waals surface area (Å²) in [6.07, 6.45) is -0.466. The molecule has 1 aromatic rings. The third-order valence-electron chi connectivity index (χ3n) is 3.84. The predicted octanol–water partition coefficient (Wildman–Crippen LogP) is 3.32. The van der Waals surface area contributed by atoms with Crippen molar-refractivity contribution in [3.63, 3.8) is 0 Å². The minimum absolute atomic E-state index is 0.192. The molecule has 2 N–H and O–H groups in total. The normalized spacial score (nSPS) is 14.3. The lowest BCUT2D eigenvalue weighted by Crippen LogP contribution is -2.43. The average Bonchev–Trinajstić information content (AvgIpc) is 2.28. The van der Waals surface area contributed by atoms with E-state index in [-0.39, 0.29) is 5.04 Å². The van der Waals surface area contributed by atoms with Crippen molar-refractivity contribution in [1.82, 2.24) is 5.32 Å². The van der Waals surface area contributed by atoms with E-state index in [2.05, 4.69) is 39.2 Å². The van der Waals surface area contributed by atoms with E-state index in [1.165, 1.54) is 0 Å². The van der Waals surface area contributed by atoms with Gasteiger partial charge in [0.15, 0.2) is 0 Å². The van der Waals surface area contributed by atoms with Gasteiger partial charge in [-0.15, -0.1) is 0 Å². The zero-order chi connectivity index (χ0) is 14.7. The lowest BCUT2D eigenvalue weighted by molar-refractivity contribution is 0.177. The summed E-state index contributed by atoms with van der Waals surface area (Å²) in [6.45, 7) is 11.7. The molecule has 0 bridgehead atoms. The summed E-state index contributed by atoms with van der Waals surface area (Å²) in [5, 5.41) is 13.0. The summed E-state index contributed by atoms with van der Waals surface area (Å²) in [4.78, 5) is 0. The number of rotatable bonds is 5. The molecule has 1 unspecified atom stereocenters. The molecule has 0 spiro atoms. The molecule has 1 rings (SSSR count). The first-order valence-electron chi connectivity index (χ1n) is 6.79. The van der Waals surface area contributed by atoms with E-state index >= 15 is 0 Å². The minimum atomic E-state index is -1.78. The highest BCUT2D eigenvalue weighted by atomic mass is 28.4. The van der Waals surface area contributed by atoms with E-state index < -0.39 is 14.4 Å². The van der Waals surface area contributed by atoms with Crippen molar-refractivity contribution in [2.24, 2.45) is 0 Å². The Morgan fingerprint density at radius 2 is 1.74 bits per heavy atom. The Morgan fingerprint density at radius 3 is 2.16 bits per heavy atom. The van der Waals surface area contributed by atoms with Gasteiger partial charge in [-0.3, -0.25) is 0 Å². The molecule has 1 atom stereocenters. The van der Waals surface area contributed by atoms with Crippen LogP contribution in [0.25, 0.3) is 0 Å². The zero-order valence-corrected chi connectivity index (χ0v) is 13.9. The molecule has 0 radical (unpaired) electrons. The zero-order valence-electron chi connectivity index (χ0n) is 12.9. The van der Waals surface area contributed by atoms with Crippen LogP contribution >= 0.6 is 0 Å². The Bertz CT molecular complexity index is 396. The van der Waals surface area contributed by atoms with E-state index in [4.69, 9.17) is 4.43 Å². The molecule has 3 nitrogen and oxygen atoms in total. The Labute approximate surface area is 118 Å². The number of likely N-dealkylation sites (N-methyl/N-ethyl adjacent to an activating group) is 1. The van der Waals surface area contributed by atoms with Gasteiger partial charge in [0, 0.05) is 6.54 Å². The summed E-state index contributed by atoms with van der Waals surface area (Å²) in [7, 11) is 0.0512. The standard InChI is InChI=1S/C15H27NO2Si/c1-15(2,3)19(5,6)18-13-9-7-12(8-10-13)14(17)11-16-4/h7-10,14,16-17H,11H2,1-6H3. The van der Waals surface area contributed by atoms with Gasteiger partial charge in [-0.25, -0.2) is 0 Å². The monoisotopic (exact) mass is 281 g/mol. The van der Waals surface area contributed by atoms with Crippen LogP contribution in [0.3, 0.4) is 0 Å². The molecule has 0 saturated heterocycles. The molecular formula is C15H27NO2Si. The highest BCUT2D eigenvalue weighted by Crippen LogP contribution is 2.37. The van der Waals surface area contributed by atoms with Crippen molar-refractivity contribution < 1.29 is 9.53 Å². The maximum Gasteiger partial charge on any atom is 0.250 e. The smallest absolute Gasteiger partial charge is 0.250 e. The second-order valence-corrected chi connectivity index (χ2v) is 11.2. The topological polar surface area (TPSA) is 41.5 Å². The predicted molar refractivity (Wildman–Crippen MR) is 83.2 cm³/mol. The largest absolute Gasteiger partial charge is 0.544 e. The number of nitrogens with one attached hydrogen (secondary N) is 1.